The predicted molar refractivity (Wildman–Crippen MR) is 76.6 cm³/mol. The Labute approximate surface area is 120 Å². The van der Waals surface area contributed by atoms with E-state index in [4.69, 9.17) is 0 Å². The molecule has 1 unspecified atom stereocenters. The zero-order valence-electron chi connectivity index (χ0n) is 11.8. The molecule has 1 atom stereocenters. The molecular weight excluding hydrogens is 246 g/mol. The molecule has 4 aliphatic carbocycles. The smallest absolute Gasteiger partial charge is 0.121 e. The lowest BCUT2D eigenvalue weighted by Crippen LogP contribution is -2.58. The molecule has 3 nitrogen and oxygen atoms in total. The fourth-order valence-corrected chi connectivity index (χ4v) is 5.34. The van der Waals surface area contributed by atoms with Crippen LogP contribution in [0, 0.1) is 29.1 Å². The number of rotatable bonds is 3. The Hall–Kier alpha value is -1.40. The molecule has 4 saturated carbocycles. The van der Waals surface area contributed by atoms with Crippen LogP contribution in [0.1, 0.15) is 50.1 Å². The summed E-state index contributed by atoms with van der Waals surface area (Å²) in [5, 5.41) is 13.3. The number of pyridine rings is 1. The van der Waals surface area contributed by atoms with E-state index in [1.807, 2.05) is 12.1 Å². The average molecular weight is 267 g/mol. The van der Waals surface area contributed by atoms with Gasteiger partial charge >= 0.3 is 0 Å². The van der Waals surface area contributed by atoms with Gasteiger partial charge in [-0.1, -0.05) is 0 Å². The SMILES string of the molecule is N#CC(NC12CC3CC(CC(C3)C1)C2)c1ccncc1. The number of nitrogens with zero attached hydrogens (tertiary/aromatic N) is 2. The number of nitriles is 1. The van der Waals surface area contributed by atoms with Crippen molar-refractivity contribution in [3.8, 4) is 6.07 Å². The molecule has 0 aliphatic heterocycles. The molecular formula is C17H21N3. The van der Waals surface area contributed by atoms with Crippen LogP contribution in [0.5, 0.6) is 0 Å². The van der Waals surface area contributed by atoms with Gasteiger partial charge in [-0.05, 0) is 74.0 Å². The van der Waals surface area contributed by atoms with Crippen molar-refractivity contribution in [1.82, 2.24) is 10.3 Å². The molecule has 0 spiro atoms. The van der Waals surface area contributed by atoms with E-state index >= 15 is 0 Å². The third-order valence-corrected chi connectivity index (χ3v) is 5.66. The topological polar surface area (TPSA) is 48.7 Å². The maximum absolute atomic E-state index is 9.55. The largest absolute Gasteiger partial charge is 0.293 e. The van der Waals surface area contributed by atoms with Gasteiger partial charge in [0.1, 0.15) is 6.04 Å². The van der Waals surface area contributed by atoms with Crippen LogP contribution in [0.15, 0.2) is 24.5 Å². The van der Waals surface area contributed by atoms with Crippen molar-refractivity contribution in [2.24, 2.45) is 17.8 Å². The molecule has 0 radical (unpaired) electrons. The summed E-state index contributed by atoms with van der Waals surface area (Å²) in [6, 6.07) is 6.19. The molecule has 1 N–H and O–H groups in total. The lowest BCUT2D eigenvalue weighted by Gasteiger charge is -2.57. The van der Waals surface area contributed by atoms with Gasteiger partial charge in [0.25, 0.3) is 0 Å². The normalized spacial score (nSPS) is 39.5. The zero-order valence-corrected chi connectivity index (χ0v) is 11.8. The van der Waals surface area contributed by atoms with Crippen LogP contribution in [-0.4, -0.2) is 10.5 Å². The summed E-state index contributed by atoms with van der Waals surface area (Å²) in [6.07, 6.45) is 11.7. The Balaban J connectivity index is 1.57. The summed E-state index contributed by atoms with van der Waals surface area (Å²) < 4.78 is 0. The van der Waals surface area contributed by atoms with Crippen molar-refractivity contribution in [1.29, 1.82) is 5.26 Å². The molecule has 104 valence electrons. The fraction of sp³-hybridized carbons (Fsp3) is 0.647. The quantitative estimate of drug-likeness (QED) is 0.915. The molecule has 4 fully saturated rings. The molecule has 0 aromatic carbocycles. The first-order valence-corrected chi connectivity index (χ1v) is 7.83. The molecule has 1 heterocycles. The second-order valence-electron chi connectivity index (χ2n) is 7.18. The molecule has 3 heteroatoms. The summed E-state index contributed by atoms with van der Waals surface area (Å²) in [4.78, 5) is 4.05. The number of hydrogen-bond acceptors (Lipinski definition) is 3. The number of aromatic nitrogens is 1. The van der Waals surface area contributed by atoms with Crippen LogP contribution in [0.2, 0.25) is 0 Å². The van der Waals surface area contributed by atoms with E-state index in [1.165, 1.54) is 38.5 Å². The summed E-state index contributed by atoms with van der Waals surface area (Å²) >= 11 is 0. The average Bonchev–Trinajstić information content (AvgIpc) is 2.44. The standard InChI is InChI=1S/C17H21N3/c18-11-16(15-1-3-19-4-2-15)20-17-8-12-5-13(9-17)7-14(6-12)10-17/h1-4,12-14,16,20H,5-10H2. The molecule has 4 bridgehead atoms. The van der Waals surface area contributed by atoms with Gasteiger partial charge in [0.05, 0.1) is 6.07 Å². The third-order valence-electron chi connectivity index (χ3n) is 5.66. The van der Waals surface area contributed by atoms with E-state index in [0.717, 1.165) is 23.3 Å². The molecule has 0 saturated heterocycles. The van der Waals surface area contributed by atoms with Crippen LogP contribution in [0.3, 0.4) is 0 Å². The first-order valence-electron chi connectivity index (χ1n) is 7.83. The Morgan fingerprint density at radius 1 is 1.10 bits per heavy atom. The first-order chi connectivity index (χ1) is 9.76. The second-order valence-corrected chi connectivity index (χ2v) is 7.18. The minimum absolute atomic E-state index is 0.186. The Kier molecular flexibility index (Phi) is 2.82. The van der Waals surface area contributed by atoms with Crippen LogP contribution >= 0.6 is 0 Å². The van der Waals surface area contributed by atoms with E-state index < -0.39 is 0 Å². The highest BCUT2D eigenvalue weighted by molar-refractivity contribution is 5.23. The highest BCUT2D eigenvalue weighted by Gasteiger charge is 2.51. The van der Waals surface area contributed by atoms with Gasteiger partial charge in [0.2, 0.25) is 0 Å². The maximum Gasteiger partial charge on any atom is 0.121 e. The van der Waals surface area contributed by atoms with Crippen molar-refractivity contribution in [3.05, 3.63) is 30.1 Å². The summed E-state index contributed by atoms with van der Waals surface area (Å²) in [5.41, 5.74) is 1.29. The van der Waals surface area contributed by atoms with Gasteiger partial charge in [-0.15, -0.1) is 0 Å². The van der Waals surface area contributed by atoms with Crippen LogP contribution in [-0.2, 0) is 0 Å². The Morgan fingerprint density at radius 3 is 2.15 bits per heavy atom. The summed E-state index contributed by atoms with van der Waals surface area (Å²) in [7, 11) is 0. The molecule has 1 aromatic rings. The van der Waals surface area contributed by atoms with Crippen molar-refractivity contribution in [2.75, 3.05) is 0 Å². The molecule has 4 aliphatic rings. The van der Waals surface area contributed by atoms with Gasteiger partial charge in [-0.3, -0.25) is 10.3 Å². The van der Waals surface area contributed by atoms with Gasteiger partial charge < -0.3 is 0 Å². The minimum atomic E-state index is -0.186. The lowest BCUT2D eigenvalue weighted by molar-refractivity contribution is -0.0226. The van der Waals surface area contributed by atoms with Crippen molar-refractivity contribution >= 4 is 0 Å². The Bertz CT molecular complexity index is 496. The van der Waals surface area contributed by atoms with Gasteiger partial charge in [0.15, 0.2) is 0 Å². The number of nitrogens with one attached hydrogen (secondary N) is 1. The van der Waals surface area contributed by atoms with E-state index in [9.17, 15) is 5.26 Å². The van der Waals surface area contributed by atoms with Gasteiger partial charge in [-0.2, -0.15) is 5.26 Å². The summed E-state index contributed by atoms with van der Waals surface area (Å²) in [6.45, 7) is 0. The highest BCUT2D eigenvalue weighted by Crippen LogP contribution is 2.56. The van der Waals surface area contributed by atoms with Gasteiger partial charge in [0, 0.05) is 17.9 Å². The minimum Gasteiger partial charge on any atom is -0.293 e. The maximum atomic E-state index is 9.55. The molecule has 1 aromatic heterocycles. The second kappa shape index (κ2) is 4.56. The van der Waals surface area contributed by atoms with Gasteiger partial charge in [-0.25, -0.2) is 0 Å². The van der Waals surface area contributed by atoms with E-state index in [0.29, 0.717) is 0 Å². The van der Waals surface area contributed by atoms with E-state index in [-0.39, 0.29) is 11.6 Å². The monoisotopic (exact) mass is 267 g/mol. The van der Waals surface area contributed by atoms with Crippen molar-refractivity contribution in [2.45, 2.75) is 50.1 Å². The molecule has 20 heavy (non-hydrogen) atoms. The summed E-state index contributed by atoms with van der Waals surface area (Å²) in [5.74, 6) is 2.72. The Morgan fingerprint density at radius 2 is 1.65 bits per heavy atom. The first kappa shape index (κ1) is 12.3. The van der Waals surface area contributed by atoms with Crippen LogP contribution < -0.4 is 5.32 Å². The van der Waals surface area contributed by atoms with E-state index in [2.05, 4.69) is 16.4 Å². The van der Waals surface area contributed by atoms with Crippen molar-refractivity contribution in [3.63, 3.8) is 0 Å². The zero-order chi connectivity index (χ0) is 13.6. The van der Waals surface area contributed by atoms with E-state index in [1.54, 1.807) is 12.4 Å². The van der Waals surface area contributed by atoms with Crippen LogP contribution in [0.25, 0.3) is 0 Å². The molecule has 5 rings (SSSR count). The lowest BCUT2D eigenvalue weighted by atomic mass is 9.53. The number of hydrogen-bond donors (Lipinski definition) is 1. The molecule has 0 amide bonds. The third kappa shape index (κ3) is 2.03. The van der Waals surface area contributed by atoms with Crippen molar-refractivity contribution < 1.29 is 0 Å². The highest BCUT2D eigenvalue weighted by atomic mass is 15.0. The fourth-order valence-electron chi connectivity index (χ4n) is 5.34. The predicted octanol–water partition coefficient (Wildman–Crippen LogP) is 3.20. The van der Waals surface area contributed by atoms with Crippen LogP contribution in [0.4, 0.5) is 0 Å².